The number of carbonyl (C=O) groups is 1. The molecule has 0 fully saturated rings. The van der Waals surface area contributed by atoms with Crippen LogP contribution in [0.25, 0.3) is 10.9 Å². The first-order valence-corrected chi connectivity index (χ1v) is 8.69. The highest BCUT2D eigenvalue weighted by molar-refractivity contribution is 6.30. The second kappa shape index (κ2) is 8.10. The van der Waals surface area contributed by atoms with Crippen LogP contribution >= 0.6 is 11.6 Å². The zero-order valence-corrected chi connectivity index (χ0v) is 15.3. The molecular formula is C19H20ClN3O3. The smallest absolute Gasteiger partial charge is 0.347 e. The lowest BCUT2D eigenvalue weighted by molar-refractivity contribution is -0.148. The Labute approximate surface area is 156 Å². The van der Waals surface area contributed by atoms with Gasteiger partial charge in [-0.15, -0.1) is 0 Å². The average molecular weight is 374 g/mol. The van der Waals surface area contributed by atoms with Gasteiger partial charge >= 0.3 is 5.97 Å². The third kappa shape index (κ3) is 4.08. The van der Waals surface area contributed by atoms with Crippen LogP contribution in [0.2, 0.25) is 5.02 Å². The molecule has 1 aromatic heterocycles. The van der Waals surface area contributed by atoms with E-state index in [1.807, 2.05) is 49.4 Å². The fraction of sp³-hybridized carbons (Fsp3) is 0.263. The number of anilines is 1. The fourth-order valence-electron chi connectivity index (χ4n) is 2.63. The third-order valence-corrected chi connectivity index (χ3v) is 4.23. The van der Waals surface area contributed by atoms with Crippen molar-refractivity contribution in [2.75, 3.05) is 12.4 Å². The molecule has 7 heteroatoms. The first kappa shape index (κ1) is 18.1. The Hall–Kier alpha value is -2.73. The van der Waals surface area contributed by atoms with E-state index in [2.05, 4.69) is 15.5 Å². The number of fused-ring (bicyclic) bond motifs is 1. The van der Waals surface area contributed by atoms with Gasteiger partial charge in [0.2, 0.25) is 0 Å². The molecule has 0 amide bonds. The van der Waals surface area contributed by atoms with E-state index in [-0.39, 0.29) is 5.97 Å². The van der Waals surface area contributed by atoms with Crippen LogP contribution in [0.1, 0.15) is 18.9 Å². The summed E-state index contributed by atoms with van der Waals surface area (Å²) in [5.74, 6) is 0.937. The van der Waals surface area contributed by atoms with Crippen molar-refractivity contribution in [3.8, 4) is 5.75 Å². The van der Waals surface area contributed by atoms with Gasteiger partial charge in [-0.2, -0.15) is 5.10 Å². The molecule has 0 saturated carbocycles. The van der Waals surface area contributed by atoms with Crippen LogP contribution in [-0.4, -0.2) is 29.4 Å². The van der Waals surface area contributed by atoms with Gasteiger partial charge in [0.15, 0.2) is 11.9 Å². The Bertz CT molecular complexity index is 910. The number of benzene rings is 2. The Balaban J connectivity index is 1.73. The Morgan fingerprint density at radius 2 is 2.15 bits per heavy atom. The van der Waals surface area contributed by atoms with Crippen molar-refractivity contribution in [2.24, 2.45) is 0 Å². The summed E-state index contributed by atoms with van der Waals surface area (Å²) in [5, 5.41) is 12.2. The Morgan fingerprint density at radius 1 is 1.31 bits per heavy atom. The number of aromatic amines is 1. The quantitative estimate of drug-likeness (QED) is 0.608. The van der Waals surface area contributed by atoms with E-state index < -0.39 is 6.10 Å². The number of carbonyl (C=O) groups excluding carboxylic acids is 1. The molecule has 0 bridgehead atoms. The number of ether oxygens (including phenoxy) is 2. The van der Waals surface area contributed by atoms with Crippen LogP contribution in [0.3, 0.4) is 0 Å². The molecule has 3 rings (SSSR count). The standard InChI is InChI=1S/C19H20ClN3O3/c1-3-17(19(24)25-2)26-14-7-8-15-16(10-14)22-23-18(15)21-11-12-5-4-6-13(20)9-12/h4-10,17H,3,11H2,1-2H3,(H2,21,22,23). The molecule has 3 aromatic rings. The maximum atomic E-state index is 11.7. The SMILES string of the molecule is CCC(Oc1ccc2c(NCc3cccc(Cl)c3)n[nH]c2c1)C(=O)OC. The number of hydrogen-bond donors (Lipinski definition) is 2. The highest BCUT2D eigenvalue weighted by atomic mass is 35.5. The number of halogens is 1. The minimum Gasteiger partial charge on any atom is -0.479 e. The molecule has 0 aliphatic carbocycles. The monoisotopic (exact) mass is 373 g/mol. The van der Waals surface area contributed by atoms with Gasteiger partial charge in [-0.05, 0) is 36.2 Å². The maximum absolute atomic E-state index is 11.7. The van der Waals surface area contributed by atoms with E-state index >= 15 is 0 Å². The van der Waals surface area contributed by atoms with E-state index in [4.69, 9.17) is 21.1 Å². The van der Waals surface area contributed by atoms with E-state index in [1.165, 1.54) is 7.11 Å². The molecule has 0 spiro atoms. The number of rotatable bonds is 7. The minimum atomic E-state index is -0.624. The van der Waals surface area contributed by atoms with Gasteiger partial charge in [0.25, 0.3) is 0 Å². The molecule has 2 N–H and O–H groups in total. The maximum Gasteiger partial charge on any atom is 0.347 e. The van der Waals surface area contributed by atoms with Crippen molar-refractivity contribution >= 4 is 34.3 Å². The average Bonchev–Trinajstić information content (AvgIpc) is 3.06. The predicted octanol–water partition coefficient (Wildman–Crippen LogP) is 4.16. The molecule has 0 saturated heterocycles. The molecule has 0 radical (unpaired) electrons. The molecule has 2 aromatic carbocycles. The third-order valence-electron chi connectivity index (χ3n) is 4.00. The number of methoxy groups -OCH3 is 1. The summed E-state index contributed by atoms with van der Waals surface area (Å²) in [6.45, 7) is 2.48. The van der Waals surface area contributed by atoms with Crippen molar-refractivity contribution in [3.05, 3.63) is 53.1 Å². The molecule has 1 atom stereocenters. The predicted molar refractivity (Wildman–Crippen MR) is 102 cm³/mol. The van der Waals surface area contributed by atoms with Gasteiger partial charge < -0.3 is 14.8 Å². The number of nitrogens with one attached hydrogen (secondary N) is 2. The van der Waals surface area contributed by atoms with Gasteiger partial charge in [0, 0.05) is 23.0 Å². The molecule has 26 heavy (non-hydrogen) atoms. The first-order chi connectivity index (χ1) is 12.6. The van der Waals surface area contributed by atoms with Gasteiger partial charge in [-0.3, -0.25) is 5.10 Å². The van der Waals surface area contributed by atoms with Crippen molar-refractivity contribution in [1.29, 1.82) is 0 Å². The zero-order valence-electron chi connectivity index (χ0n) is 14.6. The molecule has 136 valence electrons. The van der Waals surface area contributed by atoms with Crippen LogP contribution in [0.5, 0.6) is 5.75 Å². The van der Waals surface area contributed by atoms with Crippen molar-refractivity contribution in [2.45, 2.75) is 26.0 Å². The minimum absolute atomic E-state index is 0.388. The summed E-state index contributed by atoms with van der Waals surface area (Å²) in [6, 6.07) is 13.2. The van der Waals surface area contributed by atoms with E-state index in [0.29, 0.717) is 23.7 Å². The number of esters is 1. The van der Waals surface area contributed by atoms with Crippen molar-refractivity contribution in [3.63, 3.8) is 0 Å². The van der Waals surface area contributed by atoms with Crippen LogP contribution in [0.15, 0.2) is 42.5 Å². The lowest BCUT2D eigenvalue weighted by atomic mass is 10.2. The number of hydrogen-bond acceptors (Lipinski definition) is 5. The summed E-state index contributed by atoms with van der Waals surface area (Å²) >= 11 is 6.01. The molecule has 0 aliphatic heterocycles. The van der Waals surface area contributed by atoms with Crippen molar-refractivity contribution < 1.29 is 14.3 Å². The highest BCUT2D eigenvalue weighted by Gasteiger charge is 2.19. The number of aromatic nitrogens is 2. The summed E-state index contributed by atoms with van der Waals surface area (Å²) in [7, 11) is 1.35. The van der Waals surface area contributed by atoms with Crippen molar-refractivity contribution in [1.82, 2.24) is 10.2 Å². The van der Waals surface area contributed by atoms with Gasteiger partial charge in [-0.25, -0.2) is 4.79 Å². The van der Waals surface area contributed by atoms with Crippen LogP contribution in [0.4, 0.5) is 5.82 Å². The first-order valence-electron chi connectivity index (χ1n) is 8.31. The zero-order chi connectivity index (χ0) is 18.5. The molecule has 1 unspecified atom stereocenters. The van der Waals surface area contributed by atoms with Gasteiger partial charge in [-0.1, -0.05) is 30.7 Å². The van der Waals surface area contributed by atoms with E-state index in [0.717, 1.165) is 22.3 Å². The summed E-state index contributed by atoms with van der Waals surface area (Å²) in [5.41, 5.74) is 1.88. The summed E-state index contributed by atoms with van der Waals surface area (Å²) < 4.78 is 10.5. The second-order valence-corrected chi connectivity index (χ2v) is 6.24. The Kier molecular flexibility index (Phi) is 5.63. The Morgan fingerprint density at radius 3 is 2.88 bits per heavy atom. The van der Waals surface area contributed by atoms with Gasteiger partial charge in [0.1, 0.15) is 5.75 Å². The topological polar surface area (TPSA) is 76.2 Å². The van der Waals surface area contributed by atoms with Crippen LogP contribution < -0.4 is 10.1 Å². The fourth-order valence-corrected chi connectivity index (χ4v) is 2.85. The van der Waals surface area contributed by atoms with Crippen LogP contribution in [0, 0.1) is 0 Å². The lowest BCUT2D eigenvalue weighted by Gasteiger charge is -2.15. The molecular weight excluding hydrogens is 354 g/mol. The number of H-pyrrole nitrogens is 1. The normalized spacial score (nSPS) is 12.0. The summed E-state index contributed by atoms with van der Waals surface area (Å²) in [6.07, 6.45) is -0.0964. The largest absolute Gasteiger partial charge is 0.479 e. The highest BCUT2D eigenvalue weighted by Crippen LogP contribution is 2.26. The van der Waals surface area contributed by atoms with Crippen LogP contribution in [-0.2, 0) is 16.1 Å². The summed E-state index contributed by atoms with van der Waals surface area (Å²) in [4.78, 5) is 11.7. The van der Waals surface area contributed by atoms with E-state index in [1.54, 1.807) is 0 Å². The molecule has 6 nitrogen and oxygen atoms in total. The van der Waals surface area contributed by atoms with E-state index in [9.17, 15) is 4.79 Å². The van der Waals surface area contributed by atoms with Gasteiger partial charge in [0.05, 0.1) is 12.6 Å². The molecule has 0 aliphatic rings. The second-order valence-electron chi connectivity index (χ2n) is 5.80. The lowest BCUT2D eigenvalue weighted by Crippen LogP contribution is -2.27. The number of nitrogens with zero attached hydrogens (tertiary/aromatic N) is 1. The molecule has 1 heterocycles.